The Kier molecular flexibility index (Phi) is 5.77. The fourth-order valence-electron chi connectivity index (χ4n) is 3.69. The molecule has 34 heavy (non-hydrogen) atoms. The Bertz CT molecular complexity index is 1370. The Morgan fingerprint density at radius 2 is 2.12 bits per heavy atom. The lowest BCUT2D eigenvalue weighted by Crippen LogP contribution is -2.55. The summed E-state index contributed by atoms with van der Waals surface area (Å²) in [5.41, 5.74) is 2.15. The lowest BCUT2D eigenvalue weighted by Gasteiger charge is -2.38. The van der Waals surface area contributed by atoms with Gasteiger partial charge in [0.15, 0.2) is 23.7 Å². The summed E-state index contributed by atoms with van der Waals surface area (Å²) in [6, 6.07) is 9.11. The molecule has 2 aromatic carbocycles. The van der Waals surface area contributed by atoms with E-state index in [0.717, 1.165) is 11.1 Å². The van der Waals surface area contributed by atoms with Crippen LogP contribution >= 0.6 is 11.6 Å². The van der Waals surface area contributed by atoms with Gasteiger partial charge in [0, 0.05) is 22.7 Å². The molecule has 1 N–H and O–H groups in total. The molecule has 1 amide bonds. The van der Waals surface area contributed by atoms with Crippen LogP contribution < -0.4 is 14.8 Å². The molecule has 0 aliphatic carbocycles. The highest BCUT2D eigenvalue weighted by Gasteiger charge is 2.31. The zero-order valence-corrected chi connectivity index (χ0v) is 19.0. The summed E-state index contributed by atoms with van der Waals surface area (Å²) in [7, 11) is 1.57. The number of halogens is 1. The summed E-state index contributed by atoms with van der Waals surface area (Å²) in [5.74, 6) is 2.12. The normalized spacial score (nSPS) is 13.4. The number of aromatic nitrogens is 3. The number of rotatable bonds is 7. The number of hydrogen-bond donors (Lipinski definition) is 1. The van der Waals surface area contributed by atoms with Crippen LogP contribution in [0.4, 0.5) is 11.5 Å². The number of nitrogens with one attached hydrogen (secondary N) is 1. The molecular formula is C24H20ClN5O4. The molecular weight excluding hydrogens is 458 g/mol. The number of carbonyl (C=O) groups is 1. The van der Waals surface area contributed by atoms with Crippen LogP contribution in [0.2, 0.25) is 5.02 Å². The summed E-state index contributed by atoms with van der Waals surface area (Å²) in [4.78, 5) is 26.1. The predicted molar refractivity (Wildman–Crippen MR) is 128 cm³/mol. The van der Waals surface area contributed by atoms with E-state index in [1.807, 2.05) is 18.2 Å². The first-order valence-corrected chi connectivity index (χ1v) is 10.8. The van der Waals surface area contributed by atoms with Crippen molar-refractivity contribution in [1.82, 2.24) is 19.9 Å². The number of anilines is 2. The van der Waals surface area contributed by atoms with Gasteiger partial charge in [0.1, 0.15) is 18.2 Å². The Morgan fingerprint density at radius 1 is 1.26 bits per heavy atom. The zero-order valence-electron chi connectivity index (χ0n) is 18.2. The average molecular weight is 478 g/mol. The van der Waals surface area contributed by atoms with Gasteiger partial charge in [-0.3, -0.25) is 4.79 Å². The summed E-state index contributed by atoms with van der Waals surface area (Å²) in [6.07, 6.45) is 5.59. The van der Waals surface area contributed by atoms with Crippen LogP contribution in [0, 0.1) is 0 Å². The van der Waals surface area contributed by atoms with E-state index in [2.05, 4.69) is 26.8 Å². The van der Waals surface area contributed by atoms with Crippen molar-refractivity contribution in [3.8, 4) is 22.8 Å². The fourth-order valence-corrected chi connectivity index (χ4v) is 3.90. The smallest absolute Gasteiger partial charge is 0.246 e. The zero-order chi connectivity index (χ0) is 23.7. The van der Waals surface area contributed by atoms with E-state index in [-0.39, 0.29) is 12.0 Å². The van der Waals surface area contributed by atoms with Crippen LogP contribution in [-0.4, -0.2) is 52.1 Å². The second-order valence-corrected chi connectivity index (χ2v) is 8.02. The van der Waals surface area contributed by atoms with Gasteiger partial charge in [-0.1, -0.05) is 18.2 Å². The molecule has 172 valence electrons. The van der Waals surface area contributed by atoms with E-state index < -0.39 is 0 Å². The van der Waals surface area contributed by atoms with Gasteiger partial charge < -0.3 is 24.1 Å². The van der Waals surface area contributed by atoms with Gasteiger partial charge in [0.25, 0.3) is 0 Å². The number of benzene rings is 2. The lowest BCUT2D eigenvalue weighted by molar-refractivity contribution is -0.134. The number of ether oxygens (including phenoxy) is 2. The highest BCUT2D eigenvalue weighted by molar-refractivity contribution is 6.33. The van der Waals surface area contributed by atoms with Gasteiger partial charge in [0.2, 0.25) is 5.91 Å². The SMILES string of the molecule is C=CC(=O)N1CC(Oc2cc3c(Nc4ccc(Cl)c(-c5cnco5)c4)ncnc3cc2OC)C1. The van der Waals surface area contributed by atoms with Crippen molar-refractivity contribution in [2.24, 2.45) is 0 Å². The second kappa shape index (κ2) is 9.03. The molecule has 2 aromatic heterocycles. The molecule has 1 aliphatic rings. The number of likely N-dealkylation sites (tertiary alicyclic amines) is 1. The number of amides is 1. The van der Waals surface area contributed by atoms with Crippen LogP contribution in [0.15, 0.2) is 66.3 Å². The number of fused-ring (bicyclic) bond motifs is 1. The Balaban J connectivity index is 1.45. The van der Waals surface area contributed by atoms with Crippen LogP contribution in [-0.2, 0) is 4.79 Å². The maximum atomic E-state index is 11.7. The fraction of sp³-hybridized carbons (Fsp3) is 0.167. The lowest BCUT2D eigenvalue weighted by atomic mass is 10.1. The maximum absolute atomic E-state index is 11.7. The predicted octanol–water partition coefficient (Wildman–Crippen LogP) is 4.47. The van der Waals surface area contributed by atoms with Crippen molar-refractivity contribution in [3.63, 3.8) is 0 Å². The molecule has 10 heteroatoms. The maximum Gasteiger partial charge on any atom is 0.246 e. The Labute approximate surface area is 200 Å². The minimum absolute atomic E-state index is 0.113. The third-order valence-corrected chi connectivity index (χ3v) is 5.81. The van der Waals surface area contributed by atoms with Gasteiger partial charge >= 0.3 is 0 Å². The third-order valence-electron chi connectivity index (χ3n) is 5.48. The van der Waals surface area contributed by atoms with Gasteiger partial charge in [-0.05, 0) is 30.3 Å². The highest BCUT2D eigenvalue weighted by Crippen LogP contribution is 2.37. The molecule has 4 aromatic rings. The quantitative estimate of drug-likeness (QED) is 0.389. The van der Waals surface area contributed by atoms with Crippen molar-refractivity contribution >= 4 is 39.9 Å². The summed E-state index contributed by atoms with van der Waals surface area (Å²) >= 11 is 6.35. The van der Waals surface area contributed by atoms with Crippen molar-refractivity contribution in [2.45, 2.75) is 6.10 Å². The number of hydrogen-bond acceptors (Lipinski definition) is 8. The van der Waals surface area contributed by atoms with E-state index >= 15 is 0 Å². The first-order chi connectivity index (χ1) is 16.6. The number of methoxy groups -OCH3 is 1. The number of oxazole rings is 1. The van der Waals surface area contributed by atoms with E-state index in [0.29, 0.717) is 52.3 Å². The average Bonchev–Trinajstić information content (AvgIpc) is 3.36. The molecule has 1 saturated heterocycles. The monoisotopic (exact) mass is 477 g/mol. The van der Waals surface area contributed by atoms with Gasteiger partial charge in [0.05, 0.1) is 36.9 Å². The number of carbonyl (C=O) groups excluding carboxylic acids is 1. The molecule has 0 bridgehead atoms. The van der Waals surface area contributed by atoms with Gasteiger partial charge in [-0.2, -0.15) is 0 Å². The van der Waals surface area contributed by atoms with Crippen LogP contribution in [0.5, 0.6) is 11.5 Å². The van der Waals surface area contributed by atoms with E-state index in [4.69, 9.17) is 25.5 Å². The number of nitrogens with zero attached hydrogens (tertiary/aromatic N) is 4. The van der Waals surface area contributed by atoms with Crippen LogP contribution in [0.1, 0.15) is 0 Å². The minimum atomic E-state index is -0.142. The summed E-state index contributed by atoms with van der Waals surface area (Å²) in [6.45, 7) is 4.48. The van der Waals surface area contributed by atoms with Crippen LogP contribution in [0.3, 0.4) is 0 Å². The molecule has 0 saturated carbocycles. The molecule has 0 radical (unpaired) electrons. The summed E-state index contributed by atoms with van der Waals surface area (Å²) in [5, 5.41) is 4.60. The third kappa shape index (κ3) is 4.13. The first-order valence-electron chi connectivity index (χ1n) is 10.4. The van der Waals surface area contributed by atoms with E-state index in [1.165, 1.54) is 18.8 Å². The highest BCUT2D eigenvalue weighted by atomic mass is 35.5. The van der Waals surface area contributed by atoms with Crippen molar-refractivity contribution in [1.29, 1.82) is 0 Å². The van der Waals surface area contributed by atoms with Gasteiger partial charge in [-0.15, -0.1) is 0 Å². The molecule has 0 atom stereocenters. The Morgan fingerprint density at radius 3 is 2.85 bits per heavy atom. The molecule has 0 unspecified atom stereocenters. The first kappa shape index (κ1) is 21.7. The molecule has 5 rings (SSSR count). The largest absolute Gasteiger partial charge is 0.493 e. The van der Waals surface area contributed by atoms with Crippen LogP contribution in [0.25, 0.3) is 22.2 Å². The summed E-state index contributed by atoms with van der Waals surface area (Å²) < 4.78 is 17.0. The molecule has 1 aliphatic heterocycles. The molecule has 3 heterocycles. The van der Waals surface area contributed by atoms with Crippen molar-refractivity contribution < 1.29 is 18.7 Å². The minimum Gasteiger partial charge on any atom is -0.493 e. The van der Waals surface area contributed by atoms with Gasteiger partial charge in [-0.25, -0.2) is 15.0 Å². The van der Waals surface area contributed by atoms with E-state index in [9.17, 15) is 4.79 Å². The van der Waals surface area contributed by atoms with Crippen molar-refractivity contribution in [2.75, 3.05) is 25.5 Å². The standard InChI is InChI=1S/C24H20ClN5O4/c1-3-23(31)30-10-15(11-30)34-21-7-17-19(8-20(21)32-2)27-12-28-24(17)29-14-4-5-18(25)16(6-14)22-9-26-13-33-22/h3-9,12-13,15H,1,10-11H2,2H3,(H,27,28,29). The van der Waals surface area contributed by atoms with E-state index in [1.54, 1.807) is 30.3 Å². The van der Waals surface area contributed by atoms with Crippen molar-refractivity contribution in [3.05, 3.63) is 66.9 Å². The molecule has 0 spiro atoms. The topological polar surface area (TPSA) is 103 Å². The molecule has 1 fully saturated rings. The Hall–Kier alpha value is -4.11. The molecule has 9 nitrogen and oxygen atoms in total. The second-order valence-electron chi connectivity index (χ2n) is 7.62.